The number of rotatable bonds is 5. The smallest absolute Gasteiger partial charge is 0.164 e. The molecule has 44 heavy (non-hydrogen) atoms. The van der Waals surface area contributed by atoms with Crippen LogP contribution < -0.4 is 0 Å². The van der Waals surface area contributed by atoms with Crippen molar-refractivity contribution in [2.45, 2.75) is 43.9 Å². The number of pyridine rings is 1. The van der Waals surface area contributed by atoms with Crippen LogP contribution in [0.4, 0.5) is 0 Å². The molecule has 3 aromatic carbocycles. The summed E-state index contributed by atoms with van der Waals surface area (Å²) in [7, 11) is 0. The molecule has 216 valence electrons. The molecule has 4 nitrogen and oxygen atoms in total. The first-order chi connectivity index (χ1) is 21.7. The molecule has 2 heterocycles. The Hall–Kier alpha value is -4.18. The summed E-state index contributed by atoms with van der Waals surface area (Å²) in [5, 5.41) is 0. The molecule has 0 N–H and O–H groups in total. The highest BCUT2D eigenvalue weighted by Gasteiger charge is 2.70. The lowest BCUT2D eigenvalue weighted by atomic mass is 9.30. The molecule has 7 aliphatic carbocycles. The van der Waals surface area contributed by atoms with E-state index in [2.05, 4.69) is 71.7 Å². The number of hydrogen-bond acceptors (Lipinski definition) is 4. The first kappa shape index (κ1) is 25.2. The lowest BCUT2D eigenvalue weighted by Crippen LogP contribution is -2.69. The molecule has 0 radical (unpaired) electrons. The Kier molecular flexibility index (Phi) is 5.38. The Morgan fingerprint density at radius 1 is 0.477 bits per heavy atom. The van der Waals surface area contributed by atoms with Gasteiger partial charge in [0.2, 0.25) is 0 Å². The molecule has 0 aliphatic heterocycles. The van der Waals surface area contributed by atoms with Crippen LogP contribution >= 0.6 is 0 Å². The molecule has 0 spiro atoms. The van der Waals surface area contributed by atoms with Gasteiger partial charge in [-0.25, -0.2) is 15.0 Å². The van der Waals surface area contributed by atoms with Gasteiger partial charge in [-0.15, -0.1) is 0 Å². The minimum absolute atomic E-state index is 0.415. The van der Waals surface area contributed by atoms with Gasteiger partial charge in [0.25, 0.3) is 0 Å². The predicted octanol–water partition coefficient (Wildman–Crippen LogP) is 8.89. The number of benzene rings is 3. The highest BCUT2D eigenvalue weighted by Crippen LogP contribution is 2.76. The first-order valence-corrected chi connectivity index (χ1v) is 16.7. The SMILES string of the molecule is c1ccc(-c2nc(-c3ccc(-c4cccnc4)cc3)nc(-c3ccc(C45CC6CC7C8CC(CC74)CC5C8C6)cc3)n2)cc1. The van der Waals surface area contributed by atoms with E-state index in [1.165, 1.54) is 32.1 Å². The van der Waals surface area contributed by atoms with Crippen molar-refractivity contribution in [1.29, 1.82) is 0 Å². The van der Waals surface area contributed by atoms with Crippen molar-refractivity contribution in [1.82, 2.24) is 19.9 Å². The van der Waals surface area contributed by atoms with Crippen LogP contribution in [0.2, 0.25) is 0 Å². The van der Waals surface area contributed by atoms with Gasteiger partial charge in [0, 0.05) is 34.5 Å². The normalized spacial score (nSPS) is 32.3. The van der Waals surface area contributed by atoms with Gasteiger partial charge < -0.3 is 0 Å². The topological polar surface area (TPSA) is 51.6 Å². The fraction of sp³-hybridized carbons (Fsp3) is 0.350. The predicted molar refractivity (Wildman–Crippen MR) is 173 cm³/mol. The van der Waals surface area contributed by atoms with Crippen LogP contribution in [-0.4, -0.2) is 19.9 Å². The van der Waals surface area contributed by atoms with Crippen LogP contribution in [0.15, 0.2) is 103 Å². The first-order valence-electron chi connectivity index (χ1n) is 16.7. The van der Waals surface area contributed by atoms with E-state index in [-0.39, 0.29) is 0 Å². The zero-order valence-electron chi connectivity index (χ0n) is 24.9. The van der Waals surface area contributed by atoms with E-state index in [1.807, 2.05) is 30.5 Å². The summed E-state index contributed by atoms with van der Waals surface area (Å²) in [6.45, 7) is 0. The van der Waals surface area contributed by atoms with E-state index in [0.717, 1.165) is 75.1 Å². The second-order valence-corrected chi connectivity index (χ2v) is 14.4. The Labute approximate surface area is 259 Å². The maximum absolute atomic E-state index is 5.06. The quantitative estimate of drug-likeness (QED) is 0.211. The summed E-state index contributed by atoms with van der Waals surface area (Å²) in [5.41, 5.74) is 7.30. The standard InChI is InChI=1S/C40H36N4/c1-2-5-27(6-3-1)37-42-38(28-10-8-26(9-11-28)30-7-4-16-41-23-30)44-39(43-37)29-12-14-31(15-13-29)40-22-25-18-33-32-17-24(20-35(33)40)21-36(40)34(32)19-25/h1-16,23-25,32-36H,17-22H2. The van der Waals surface area contributed by atoms with Crippen LogP contribution in [0.3, 0.4) is 0 Å². The van der Waals surface area contributed by atoms with Gasteiger partial charge >= 0.3 is 0 Å². The molecular formula is C40H36N4. The van der Waals surface area contributed by atoms with Gasteiger partial charge in [-0.2, -0.15) is 0 Å². The number of nitrogens with zero attached hydrogens (tertiary/aromatic N) is 4. The molecule has 4 atom stereocenters. The molecule has 2 aromatic heterocycles. The minimum atomic E-state index is 0.415. The summed E-state index contributed by atoms with van der Waals surface area (Å²) in [6, 6.07) is 32.3. The van der Waals surface area contributed by atoms with Crippen molar-refractivity contribution >= 4 is 0 Å². The van der Waals surface area contributed by atoms with E-state index in [1.54, 1.807) is 18.2 Å². The molecule has 7 saturated carbocycles. The van der Waals surface area contributed by atoms with Gasteiger partial charge in [-0.3, -0.25) is 4.98 Å². The molecule has 12 rings (SSSR count). The number of hydrogen-bond donors (Lipinski definition) is 0. The van der Waals surface area contributed by atoms with Gasteiger partial charge in [0.15, 0.2) is 17.5 Å². The average molecular weight is 573 g/mol. The summed E-state index contributed by atoms with van der Waals surface area (Å²) < 4.78 is 0. The summed E-state index contributed by atoms with van der Waals surface area (Å²) in [6.07, 6.45) is 12.7. The molecule has 4 heteroatoms. The molecule has 7 aliphatic rings. The van der Waals surface area contributed by atoms with Gasteiger partial charge in [-0.1, -0.05) is 84.9 Å². The van der Waals surface area contributed by atoms with Crippen LogP contribution in [0.5, 0.6) is 0 Å². The Balaban J connectivity index is 1.04. The number of aromatic nitrogens is 4. The van der Waals surface area contributed by atoms with E-state index < -0.39 is 0 Å². The van der Waals surface area contributed by atoms with Crippen molar-refractivity contribution in [2.24, 2.45) is 41.4 Å². The zero-order valence-corrected chi connectivity index (χ0v) is 24.9. The maximum Gasteiger partial charge on any atom is 0.164 e. The van der Waals surface area contributed by atoms with Crippen LogP contribution in [-0.2, 0) is 5.41 Å². The fourth-order valence-electron chi connectivity index (χ4n) is 11.1. The maximum atomic E-state index is 5.06. The molecular weight excluding hydrogens is 536 g/mol. The molecule has 8 bridgehead atoms. The average Bonchev–Trinajstić information content (AvgIpc) is 3.11. The van der Waals surface area contributed by atoms with E-state index in [9.17, 15) is 0 Å². The summed E-state index contributed by atoms with van der Waals surface area (Å²) >= 11 is 0. The second kappa shape index (κ2) is 9.41. The fourth-order valence-corrected chi connectivity index (χ4v) is 11.1. The highest BCUT2D eigenvalue weighted by atomic mass is 15.0. The van der Waals surface area contributed by atoms with E-state index in [0.29, 0.717) is 17.1 Å². The monoisotopic (exact) mass is 572 g/mol. The van der Waals surface area contributed by atoms with Crippen molar-refractivity contribution in [3.8, 4) is 45.3 Å². The Bertz CT molecular complexity index is 1830. The van der Waals surface area contributed by atoms with E-state index >= 15 is 0 Å². The third-order valence-electron chi connectivity index (χ3n) is 12.6. The van der Waals surface area contributed by atoms with Crippen LogP contribution in [0.25, 0.3) is 45.3 Å². The van der Waals surface area contributed by atoms with Gasteiger partial charge in [0.1, 0.15) is 0 Å². The third kappa shape index (κ3) is 3.63. The van der Waals surface area contributed by atoms with Crippen molar-refractivity contribution in [3.63, 3.8) is 0 Å². The molecule has 0 amide bonds. The summed E-state index contributed by atoms with van der Waals surface area (Å²) in [4.78, 5) is 19.3. The van der Waals surface area contributed by atoms with Crippen molar-refractivity contribution in [3.05, 3.63) is 109 Å². The van der Waals surface area contributed by atoms with Crippen LogP contribution in [0.1, 0.15) is 44.1 Å². The molecule has 4 unspecified atom stereocenters. The lowest BCUT2D eigenvalue weighted by Gasteiger charge is -2.74. The lowest BCUT2D eigenvalue weighted by molar-refractivity contribution is -0.220. The van der Waals surface area contributed by atoms with Crippen molar-refractivity contribution < 1.29 is 0 Å². The highest BCUT2D eigenvalue weighted by molar-refractivity contribution is 5.70. The van der Waals surface area contributed by atoms with Crippen molar-refractivity contribution in [2.75, 3.05) is 0 Å². The molecule has 7 fully saturated rings. The largest absolute Gasteiger partial charge is 0.264 e. The third-order valence-corrected chi connectivity index (χ3v) is 12.6. The zero-order chi connectivity index (χ0) is 28.8. The van der Waals surface area contributed by atoms with Crippen LogP contribution in [0, 0.1) is 41.4 Å². The minimum Gasteiger partial charge on any atom is -0.264 e. The molecule has 5 aromatic rings. The Morgan fingerprint density at radius 3 is 1.64 bits per heavy atom. The second-order valence-electron chi connectivity index (χ2n) is 14.4. The van der Waals surface area contributed by atoms with Gasteiger partial charge in [-0.05, 0) is 103 Å². The van der Waals surface area contributed by atoms with Gasteiger partial charge in [0.05, 0.1) is 0 Å². The summed E-state index contributed by atoms with van der Waals surface area (Å²) in [5.74, 6) is 8.94. The van der Waals surface area contributed by atoms with E-state index in [4.69, 9.17) is 15.0 Å². The Morgan fingerprint density at radius 2 is 1.02 bits per heavy atom. The molecule has 0 saturated heterocycles.